The summed E-state index contributed by atoms with van der Waals surface area (Å²) in [5.74, 6) is -8.88. The fraction of sp³-hybridized carbons (Fsp3) is 0.980. The van der Waals surface area contributed by atoms with Crippen molar-refractivity contribution in [2.45, 2.75) is 236 Å². The van der Waals surface area contributed by atoms with Gasteiger partial charge in [0.1, 0.15) is 17.1 Å². The Morgan fingerprint density at radius 3 is 2.03 bits per heavy atom. The minimum atomic E-state index is -2.14. The largest absolute Gasteiger partial charge is 0.481 e. The maximum absolute atomic E-state index is 12.6. The van der Waals surface area contributed by atoms with Crippen molar-refractivity contribution in [3.63, 3.8) is 0 Å². The maximum Gasteiger partial charge on any atom is 0.311 e. The van der Waals surface area contributed by atoms with E-state index in [1.807, 2.05) is 27.7 Å². The Morgan fingerprint density at radius 2 is 1.45 bits per heavy atom. The molecule has 6 aliphatic rings. The SMILES string of the molecule is CCC[C@H](OC[C@@H]1CC[C@H]([C@@]2(C)O[C@]3(O[C@H](C[C@H]4O[C@@](O)([C@@H](C)C(=O)O)[C@H](C)[C@@H](O[C@@H]5CC[C@@H](OC)[C@H](C)O5)[C@]4(C)OC)C[C@H](OC)[C@H]3C)[C@@H](C)[C@@H]2OC)O1)[C@H]1O[C@@](C)(O)[C@H](C)[C@@H](OC)[C@@H]1C. The molecule has 6 fully saturated rings. The molecule has 0 amide bonds. The second-order valence-corrected chi connectivity index (χ2v) is 21.5. The van der Waals surface area contributed by atoms with E-state index in [0.29, 0.717) is 32.3 Å². The topological polar surface area (TPSA) is 198 Å². The fourth-order valence-corrected chi connectivity index (χ4v) is 13.0. The Kier molecular flexibility index (Phi) is 17.7. The van der Waals surface area contributed by atoms with Gasteiger partial charge in [0, 0.05) is 84.4 Å². The van der Waals surface area contributed by atoms with Gasteiger partial charge in [0.25, 0.3) is 0 Å². The smallest absolute Gasteiger partial charge is 0.311 e. The molecular formula is C50H88O17. The third-order valence-electron chi connectivity index (χ3n) is 17.6. The summed E-state index contributed by atoms with van der Waals surface area (Å²) in [4.78, 5) is 12.6. The summed E-state index contributed by atoms with van der Waals surface area (Å²) >= 11 is 0. The highest BCUT2D eigenvalue weighted by Crippen LogP contribution is 2.57. The van der Waals surface area contributed by atoms with Crippen LogP contribution in [0.2, 0.25) is 0 Å². The van der Waals surface area contributed by atoms with Gasteiger partial charge in [0.2, 0.25) is 0 Å². The van der Waals surface area contributed by atoms with Gasteiger partial charge in [-0.25, -0.2) is 0 Å². The van der Waals surface area contributed by atoms with Gasteiger partial charge in [0.05, 0.1) is 79.9 Å². The van der Waals surface area contributed by atoms with E-state index in [1.165, 1.54) is 6.92 Å². The number of hydrogen-bond donors (Lipinski definition) is 3. The third kappa shape index (κ3) is 10.2. The summed E-state index contributed by atoms with van der Waals surface area (Å²) in [7, 11) is 8.29. The molecule has 3 N–H and O–H groups in total. The molecule has 67 heavy (non-hydrogen) atoms. The molecule has 0 radical (unpaired) electrons. The first kappa shape index (κ1) is 55.2. The molecule has 0 aromatic carbocycles. The molecule has 6 aliphatic heterocycles. The van der Waals surface area contributed by atoms with Gasteiger partial charge in [-0.3, -0.25) is 4.79 Å². The predicted octanol–water partition coefficient (Wildman–Crippen LogP) is 5.85. The van der Waals surface area contributed by atoms with Crippen molar-refractivity contribution in [3.05, 3.63) is 0 Å². The molecule has 17 heteroatoms. The van der Waals surface area contributed by atoms with Gasteiger partial charge in [0.15, 0.2) is 23.7 Å². The number of carboxylic acid groups (broad SMARTS) is 1. The lowest BCUT2D eigenvalue weighted by atomic mass is 9.71. The number of carboxylic acids is 1. The highest BCUT2D eigenvalue weighted by Gasteiger charge is 2.69. The predicted molar refractivity (Wildman–Crippen MR) is 244 cm³/mol. The minimum absolute atomic E-state index is 0.00677. The van der Waals surface area contributed by atoms with Crippen LogP contribution in [0.1, 0.15) is 128 Å². The highest BCUT2D eigenvalue weighted by molar-refractivity contribution is 5.70. The van der Waals surface area contributed by atoms with Gasteiger partial charge >= 0.3 is 5.97 Å². The first-order valence-electron chi connectivity index (χ1n) is 25.1. The second-order valence-electron chi connectivity index (χ2n) is 21.5. The molecule has 0 unspecified atom stereocenters. The zero-order chi connectivity index (χ0) is 49.6. The molecular weight excluding hydrogens is 873 g/mol. The monoisotopic (exact) mass is 961 g/mol. The molecule has 6 saturated heterocycles. The van der Waals surface area contributed by atoms with E-state index in [0.717, 1.165) is 19.3 Å². The van der Waals surface area contributed by atoms with E-state index in [2.05, 4.69) is 27.7 Å². The quantitative estimate of drug-likeness (QED) is 0.148. The van der Waals surface area contributed by atoms with Gasteiger partial charge in [-0.1, -0.05) is 48.0 Å². The van der Waals surface area contributed by atoms with Crippen LogP contribution in [-0.4, -0.2) is 172 Å². The lowest BCUT2D eigenvalue weighted by Gasteiger charge is -2.57. The Balaban J connectivity index is 1.22. The zero-order valence-corrected chi connectivity index (χ0v) is 43.4. The number of ether oxygens (including phenoxy) is 13. The molecule has 0 saturated carbocycles. The number of rotatable bonds is 18. The van der Waals surface area contributed by atoms with Crippen molar-refractivity contribution in [1.29, 1.82) is 0 Å². The van der Waals surface area contributed by atoms with E-state index >= 15 is 0 Å². The average molecular weight is 961 g/mol. The zero-order valence-electron chi connectivity index (χ0n) is 43.4. The Hall–Kier alpha value is -1.13. The maximum atomic E-state index is 12.6. The van der Waals surface area contributed by atoms with E-state index in [4.69, 9.17) is 61.6 Å². The molecule has 0 aromatic heterocycles. The van der Waals surface area contributed by atoms with Crippen molar-refractivity contribution in [3.8, 4) is 0 Å². The van der Waals surface area contributed by atoms with Crippen LogP contribution < -0.4 is 0 Å². The molecule has 0 aliphatic carbocycles. The van der Waals surface area contributed by atoms with Gasteiger partial charge in [-0.2, -0.15) is 0 Å². The summed E-state index contributed by atoms with van der Waals surface area (Å²) in [5, 5.41) is 33.9. The van der Waals surface area contributed by atoms with Gasteiger partial charge < -0.3 is 76.9 Å². The molecule has 0 bridgehead atoms. The summed E-state index contributed by atoms with van der Waals surface area (Å²) in [5.41, 5.74) is -2.15. The highest BCUT2D eigenvalue weighted by atomic mass is 16.7. The first-order valence-corrected chi connectivity index (χ1v) is 25.1. The van der Waals surface area contributed by atoms with Crippen molar-refractivity contribution in [1.82, 2.24) is 0 Å². The van der Waals surface area contributed by atoms with Crippen molar-refractivity contribution in [2.75, 3.05) is 42.2 Å². The van der Waals surface area contributed by atoms with E-state index in [9.17, 15) is 20.1 Å². The average Bonchev–Trinajstić information content (AvgIpc) is 3.86. The summed E-state index contributed by atoms with van der Waals surface area (Å²) < 4.78 is 84.6. The van der Waals surface area contributed by atoms with E-state index in [-0.39, 0.29) is 78.9 Å². The Bertz CT molecular complexity index is 1620. The molecule has 1 spiro atoms. The molecule has 6 rings (SSSR count). The van der Waals surface area contributed by atoms with Crippen LogP contribution in [0.25, 0.3) is 0 Å². The third-order valence-corrected chi connectivity index (χ3v) is 17.6. The standard InChI is InChI=1S/C50H88O17/c1-17-18-36(42-26(2)41(57-14)28(4)48(11,53)66-42)60-25-33-19-21-38(62-33)47(10)43(58-15)30(6)50(67-47)27(3)37(56-13)23-34(64-50)24-39-46(9,59-16)44(29(5)49(54,65-39)31(7)45(51)52)63-40-22-20-35(55-12)32(8)61-40/h26-44,53-54H,17-25H2,1-16H3,(H,51,52)/t26-,27+,28+,29+,30-,31-,32-,33-,34-,35+,36-,37-,38+,39+,40+,41-,42-,43-,44+,46+,47+,48+,49+,50-/m0/s1. The van der Waals surface area contributed by atoms with Crippen molar-refractivity contribution >= 4 is 5.97 Å². The summed E-state index contributed by atoms with van der Waals surface area (Å²) in [6.07, 6.45) is -0.603. The first-order chi connectivity index (χ1) is 31.5. The Labute approximate surface area is 400 Å². The van der Waals surface area contributed by atoms with Crippen LogP contribution >= 0.6 is 0 Å². The summed E-state index contributed by atoms with van der Waals surface area (Å²) in [6.45, 7) is 21.4. The van der Waals surface area contributed by atoms with Crippen LogP contribution in [0.4, 0.5) is 0 Å². The van der Waals surface area contributed by atoms with Crippen LogP contribution in [0.5, 0.6) is 0 Å². The minimum Gasteiger partial charge on any atom is -0.481 e. The van der Waals surface area contributed by atoms with Crippen LogP contribution in [0.3, 0.4) is 0 Å². The lowest BCUT2D eigenvalue weighted by Crippen LogP contribution is -2.71. The second kappa shape index (κ2) is 21.5. The fourth-order valence-electron chi connectivity index (χ4n) is 13.0. The molecule has 0 aromatic rings. The lowest BCUT2D eigenvalue weighted by molar-refractivity contribution is -0.398. The number of aliphatic hydroxyl groups is 2. The summed E-state index contributed by atoms with van der Waals surface area (Å²) in [6, 6.07) is 0. The normalized spacial score (nSPS) is 50.4. The molecule has 17 nitrogen and oxygen atoms in total. The number of aliphatic carboxylic acids is 1. The van der Waals surface area contributed by atoms with Crippen molar-refractivity contribution < 1.29 is 81.7 Å². The van der Waals surface area contributed by atoms with Gasteiger partial charge in [-0.15, -0.1) is 0 Å². The van der Waals surface area contributed by atoms with Crippen LogP contribution in [0.15, 0.2) is 0 Å². The number of methoxy groups -OCH3 is 5. The van der Waals surface area contributed by atoms with E-state index < -0.39 is 77.1 Å². The number of hydrogen-bond acceptors (Lipinski definition) is 16. The van der Waals surface area contributed by atoms with Gasteiger partial charge in [-0.05, 0) is 60.3 Å². The Morgan fingerprint density at radius 1 is 0.761 bits per heavy atom. The number of carbonyl (C=O) groups is 1. The van der Waals surface area contributed by atoms with Crippen molar-refractivity contribution in [2.24, 2.45) is 35.5 Å². The van der Waals surface area contributed by atoms with Crippen LogP contribution in [0, 0.1) is 35.5 Å². The molecule has 390 valence electrons. The van der Waals surface area contributed by atoms with E-state index in [1.54, 1.807) is 49.4 Å². The molecule has 6 heterocycles. The van der Waals surface area contributed by atoms with Crippen LogP contribution in [-0.2, 0) is 66.4 Å². The molecule has 24 atom stereocenters.